The quantitative estimate of drug-likeness (QED) is 0.232. The summed E-state index contributed by atoms with van der Waals surface area (Å²) in [5.74, 6) is 0.315. The lowest BCUT2D eigenvalue weighted by atomic mass is 9.79. The van der Waals surface area contributed by atoms with Crippen molar-refractivity contribution in [2.75, 3.05) is 0 Å². The van der Waals surface area contributed by atoms with Crippen LogP contribution in [-0.4, -0.2) is 86.9 Å². The summed E-state index contributed by atoms with van der Waals surface area (Å²) >= 11 is 0. The van der Waals surface area contributed by atoms with Crippen molar-refractivity contribution in [3.8, 4) is 0 Å². The van der Waals surface area contributed by atoms with E-state index in [9.17, 15) is 10.2 Å². The predicted molar refractivity (Wildman–Crippen MR) is 209 cm³/mol. The second-order valence-corrected chi connectivity index (χ2v) is 17.2. The molecule has 0 amide bonds. The van der Waals surface area contributed by atoms with E-state index in [0.717, 1.165) is 56.9 Å². The molecule has 1 aromatic heterocycles. The van der Waals surface area contributed by atoms with Gasteiger partial charge in [-0.3, -0.25) is 4.98 Å². The second-order valence-electron chi connectivity index (χ2n) is 17.2. The zero-order chi connectivity index (χ0) is 37.8. The van der Waals surface area contributed by atoms with E-state index in [1.807, 2.05) is 31.3 Å². The Morgan fingerprint density at radius 1 is 0.925 bits per heavy atom. The fourth-order valence-corrected chi connectivity index (χ4v) is 9.31. The van der Waals surface area contributed by atoms with Crippen molar-refractivity contribution < 1.29 is 33.9 Å². The third-order valence-corrected chi connectivity index (χ3v) is 12.9. The molecule has 5 saturated heterocycles. The Labute approximate surface area is 318 Å². The molecule has 53 heavy (non-hydrogen) atoms. The minimum Gasteiger partial charge on any atom is -0.390 e. The maximum atomic E-state index is 11.8. The lowest BCUT2D eigenvalue weighted by molar-refractivity contribution is -0.273. The van der Waals surface area contributed by atoms with Crippen LogP contribution in [-0.2, 0) is 23.7 Å². The van der Waals surface area contributed by atoms with Crippen LogP contribution in [0.25, 0.3) is 6.08 Å². The Hall–Kier alpha value is -2.43. The number of aromatic nitrogens is 1. The summed E-state index contributed by atoms with van der Waals surface area (Å²) in [5, 5.41) is 23.2. The molecule has 8 nitrogen and oxygen atoms in total. The van der Waals surface area contributed by atoms with Crippen LogP contribution in [0.3, 0.4) is 0 Å². The maximum absolute atomic E-state index is 11.8. The number of hydrogen-bond donors (Lipinski definition) is 2. The Morgan fingerprint density at radius 3 is 2.45 bits per heavy atom. The van der Waals surface area contributed by atoms with E-state index in [1.54, 1.807) is 12.3 Å². The summed E-state index contributed by atoms with van der Waals surface area (Å²) in [5.41, 5.74) is 1.46. The van der Waals surface area contributed by atoms with E-state index in [-0.39, 0.29) is 42.7 Å². The molecule has 6 heterocycles. The van der Waals surface area contributed by atoms with Gasteiger partial charge in [0, 0.05) is 25.2 Å². The number of pyridine rings is 1. The maximum Gasteiger partial charge on any atom is 0.111 e. The summed E-state index contributed by atoms with van der Waals surface area (Å²) in [6, 6.07) is 3.99. The number of rotatable bonds is 10. The van der Waals surface area contributed by atoms with E-state index < -0.39 is 29.0 Å². The summed E-state index contributed by atoms with van der Waals surface area (Å²) in [4.78, 5) is 4.18. The molecule has 2 N–H and O–H groups in total. The lowest BCUT2D eigenvalue weighted by Crippen LogP contribution is -2.59. The minimum atomic E-state index is -0.923. The van der Waals surface area contributed by atoms with Gasteiger partial charge in [-0.05, 0) is 116 Å². The molecule has 0 radical (unpaired) electrons. The predicted octanol–water partition coefficient (Wildman–Crippen LogP) is 8.39. The molecule has 1 aromatic rings. The highest BCUT2D eigenvalue weighted by molar-refractivity contribution is 5.50. The standard InChI is InChI=1S/C45H65NO7/c1-8-9-10-11-20-39-43(5,48)23-21-36-37(49-39)22-24-44(6)41(50-36)27-38-42(53-44)34(47)28-45(7)40(51-38)26-32(4)35(52-45)19-13-16-31(3)30(2)15-12-17-33-18-14-25-46-29-33/h8-10,12,14-18,25,29,32,34-42,47-48H,1,11,13,19-24,26-28H2,2-7H3/b10-9-,17-12+,30-15+,31-16+. The molecule has 8 heteroatoms. The monoisotopic (exact) mass is 731 g/mol. The number of hydrogen-bond acceptors (Lipinski definition) is 8. The molecule has 0 aliphatic carbocycles. The number of allylic oxidation sites excluding steroid dienone is 8. The van der Waals surface area contributed by atoms with Gasteiger partial charge in [-0.1, -0.05) is 67.7 Å². The van der Waals surface area contributed by atoms with E-state index in [2.05, 4.69) is 76.6 Å². The topological polar surface area (TPSA) is 99.5 Å². The molecule has 5 fully saturated rings. The normalized spacial score (nSPS) is 42.5. The molecule has 5 aliphatic heterocycles. The summed E-state index contributed by atoms with van der Waals surface area (Å²) in [6.07, 6.45) is 24.0. The smallest absolute Gasteiger partial charge is 0.111 e. The van der Waals surface area contributed by atoms with E-state index in [1.165, 1.54) is 11.1 Å². The first-order chi connectivity index (χ1) is 25.3. The van der Waals surface area contributed by atoms with Gasteiger partial charge in [0.1, 0.15) is 6.10 Å². The van der Waals surface area contributed by atoms with Gasteiger partial charge in [-0.25, -0.2) is 0 Å². The van der Waals surface area contributed by atoms with Gasteiger partial charge in [0.25, 0.3) is 0 Å². The Kier molecular flexibility index (Phi) is 13.0. The van der Waals surface area contributed by atoms with Gasteiger partial charge in [-0.2, -0.15) is 0 Å². The van der Waals surface area contributed by atoms with Crippen molar-refractivity contribution >= 4 is 6.08 Å². The molecular formula is C45H65NO7. The molecule has 0 aromatic carbocycles. The first-order valence-corrected chi connectivity index (χ1v) is 20.2. The zero-order valence-electron chi connectivity index (χ0n) is 33.0. The van der Waals surface area contributed by atoms with Gasteiger partial charge in [0.15, 0.2) is 0 Å². The van der Waals surface area contributed by atoms with Crippen LogP contribution >= 0.6 is 0 Å². The number of fused-ring (bicyclic) bond motifs is 4. The average Bonchev–Trinajstić information content (AvgIpc) is 3.38. The van der Waals surface area contributed by atoms with E-state index >= 15 is 0 Å². The highest BCUT2D eigenvalue weighted by Crippen LogP contribution is 2.49. The fourth-order valence-electron chi connectivity index (χ4n) is 9.31. The molecule has 0 spiro atoms. The van der Waals surface area contributed by atoms with E-state index in [4.69, 9.17) is 23.7 Å². The number of aliphatic hydroxyl groups is 2. The van der Waals surface area contributed by atoms with Crippen LogP contribution in [0.5, 0.6) is 0 Å². The van der Waals surface area contributed by atoms with Crippen molar-refractivity contribution in [2.24, 2.45) is 5.92 Å². The van der Waals surface area contributed by atoms with Crippen molar-refractivity contribution in [3.05, 3.63) is 84.3 Å². The van der Waals surface area contributed by atoms with Gasteiger partial charge in [0.2, 0.25) is 0 Å². The molecule has 6 rings (SSSR count). The van der Waals surface area contributed by atoms with Crippen LogP contribution in [0.2, 0.25) is 0 Å². The largest absolute Gasteiger partial charge is 0.390 e. The van der Waals surface area contributed by atoms with Crippen LogP contribution in [0.4, 0.5) is 0 Å². The zero-order valence-corrected chi connectivity index (χ0v) is 33.0. The van der Waals surface area contributed by atoms with E-state index in [0.29, 0.717) is 25.2 Å². The van der Waals surface area contributed by atoms with Crippen molar-refractivity contribution in [1.82, 2.24) is 4.98 Å². The van der Waals surface area contributed by atoms with Crippen LogP contribution in [0.1, 0.15) is 118 Å². The van der Waals surface area contributed by atoms with Gasteiger partial charge < -0.3 is 33.9 Å². The molecule has 0 saturated carbocycles. The first kappa shape index (κ1) is 40.2. The van der Waals surface area contributed by atoms with Crippen LogP contribution in [0, 0.1) is 5.92 Å². The second kappa shape index (κ2) is 17.2. The number of ether oxygens (including phenoxy) is 5. The van der Waals surface area contributed by atoms with Gasteiger partial charge in [0.05, 0.1) is 65.6 Å². The van der Waals surface area contributed by atoms with Crippen LogP contribution < -0.4 is 0 Å². The summed E-state index contributed by atoms with van der Waals surface area (Å²) in [7, 11) is 0. The molecule has 0 bridgehead atoms. The summed E-state index contributed by atoms with van der Waals surface area (Å²) in [6.45, 7) is 16.5. The SMILES string of the molecule is C=C/C=C\CCC1OC2CCC3(C)OC4C(O)CC5(C)OC(CC/C=C(C)/C(C)=C/C=C/c6cccnc6)C(C)CC5OC4CC3OC2CCC1(C)O. The lowest BCUT2D eigenvalue weighted by Gasteiger charge is -2.49. The fraction of sp³-hybridized carbons (Fsp3) is 0.667. The highest BCUT2D eigenvalue weighted by atomic mass is 16.6. The van der Waals surface area contributed by atoms with Crippen molar-refractivity contribution in [2.45, 2.75) is 184 Å². The first-order valence-electron chi connectivity index (χ1n) is 20.2. The number of aliphatic hydroxyl groups excluding tert-OH is 1. The molecule has 292 valence electrons. The van der Waals surface area contributed by atoms with Crippen LogP contribution in [0.15, 0.2) is 78.7 Å². The third kappa shape index (κ3) is 9.52. The molecule has 5 aliphatic rings. The average molecular weight is 732 g/mol. The van der Waals surface area contributed by atoms with Gasteiger partial charge >= 0.3 is 0 Å². The Balaban J connectivity index is 1.08. The minimum absolute atomic E-state index is 0.0741. The Morgan fingerprint density at radius 2 is 1.68 bits per heavy atom. The van der Waals surface area contributed by atoms with Crippen molar-refractivity contribution in [3.63, 3.8) is 0 Å². The summed E-state index contributed by atoms with van der Waals surface area (Å²) < 4.78 is 34.5. The third-order valence-electron chi connectivity index (χ3n) is 12.9. The number of nitrogens with zero attached hydrogens (tertiary/aromatic N) is 1. The highest BCUT2D eigenvalue weighted by Gasteiger charge is 2.58. The van der Waals surface area contributed by atoms with Gasteiger partial charge in [-0.15, -0.1) is 0 Å². The van der Waals surface area contributed by atoms with Crippen molar-refractivity contribution in [1.29, 1.82) is 0 Å². The Bertz CT molecular complexity index is 1500. The molecular weight excluding hydrogens is 666 g/mol. The molecule has 13 unspecified atom stereocenters. The molecule has 13 atom stereocenters.